The molecule has 5 aliphatic rings. The molecular weight excluding hydrogens is 834 g/mol. The number of piperidine rings is 4. The molecule has 62 heavy (non-hydrogen) atoms. The number of ether oxygens (including phenoxy) is 1. The van der Waals surface area contributed by atoms with E-state index in [9.17, 15) is 41.1 Å². The molecule has 7 heterocycles. The maximum absolute atomic E-state index is 14.0. The van der Waals surface area contributed by atoms with Crippen molar-refractivity contribution in [2.75, 3.05) is 51.1 Å². The van der Waals surface area contributed by atoms with E-state index in [0.29, 0.717) is 49.6 Å². The molecule has 0 aliphatic carbocycles. The van der Waals surface area contributed by atoms with E-state index in [4.69, 9.17) is 4.74 Å². The summed E-state index contributed by atoms with van der Waals surface area (Å²) >= 11 is 0. The van der Waals surface area contributed by atoms with Crippen LogP contribution in [0.4, 0.5) is 19.1 Å². The second kappa shape index (κ2) is 17.5. The van der Waals surface area contributed by atoms with E-state index in [-0.39, 0.29) is 73.8 Å². The average molecular weight is 887 g/mol. The Kier molecular flexibility index (Phi) is 12.4. The van der Waals surface area contributed by atoms with Crippen molar-refractivity contribution < 1.29 is 45.8 Å². The summed E-state index contributed by atoms with van der Waals surface area (Å²) in [6.07, 6.45) is 3.07. The standard InChI is InChI=1S/C41H53F3N10O7S/c1-40(2,58)25-51-23-27(20-46-51)36-32(41(42,43)44)21-45-39(49-36)47-28-10-18-53(19-11-28)62(59,60)52-16-8-26(9-17-52)22-50-14-12-29(13-15-50)61-34-5-3-4-30-31(34)24-54(38(30)57)33-6-7-35(55)48-37(33)56/h3-5,20-21,23,26,28-29,33,58H,6-19,22,24-25H2,1-2H3,(H,45,47,49)(H,48,55,56). The number of imide groups is 1. The van der Waals surface area contributed by atoms with Gasteiger partial charge in [-0.3, -0.25) is 24.4 Å². The summed E-state index contributed by atoms with van der Waals surface area (Å²) < 4.78 is 80.2. The van der Waals surface area contributed by atoms with Gasteiger partial charge in [0, 0.05) is 87.4 Å². The first-order chi connectivity index (χ1) is 29.4. The van der Waals surface area contributed by atoms with E-state index in [1.807, 2.05) is 6.07 Å². The molecule has 4 fully saturated rings. The van der Waals surface area contributed by atoms with Crippen LogP contribution in [0.25, 0.3) is 11.3 Å². The highest BCUT2D eigenvalue weighted by Gasteiger charge is 2.41. The third-order valence-electron chi connectivity index (χ3n) is 12.4. The molecule has 1 aromatic carbocycles. The van der Waals surface area contributed by atoms with Gasteiger partial charge in [-0.2, -0.15) is 35.3 Å². The van der Waals surface area contributed by atoms with Gasteiger partial charge in [-0.15, -0.1) is 0 Å². The molecule has 2 aromatic heterocycles. The predicted octanol–water partition coefficient (Wildman–Crippen LogP) is 3.27. The minimum Gasteiger partial charge on any atom is -0.490 e. The number of aromatic nitrogens is 4. The minimum absolute atomic E-state index is 0.000470. The summed E-state index contributed by atoms with van der Waals surface area (Å²) in [4.78, 5) is 49.5. The lowest BCUT2D eigenvalue weighted by molar-refractivity contribution is -0.138. The Labute approximate surface area is 358 Å². The molecule has 0 radical (unpaired) electrons. The number of benzene rings is 1. The first kappa shape index (κ1) is 43.9. The molecule has 8 rings (SSSR count). The number of nitrogens with zero attached hydrogens (tertiary/aromatic N) is 8. The highest BCUT2D eigenvalue weighted by Crippen LogP contribution is 2.37. The fourth-order valence-corrected chi connectivity index (χ4v) is 10.8. The van der Waals surface area contributed by atoms with Crippen molar-refractivity contribution in [1.29, 1.82) is 0 Å². The minimum atomic E-state index is -4.71. The molecule has 4 saturated heterocycles. The third-order valence-corrected chi connectivity index (χ3v) is 14.5. The lowest BCUT2D eigenvalue weighted by atomic mass is 9.96. The fraction of sp³-hybridized carbons (Fsp3) is 0.610. The zero-order chi connectivity index (χ0) is 44.0. The first-order valence-electron chi connectivity index (χ1n) is 21.3. The van der Waals surface area contributed by atoms with Gasteiger partial charge in [-0.25, -0.2) is 9.97 Å². The smallest absolute Gasteiger partial charge is 0.419 e. The number of carbonyl (C=O) groups is 3. The van der Waals surface area contributed by atoms with Crippen molar-refractivity contribution in [2.45, 2.75) is 108 Å². The van der Waals surface area contributed by atoms with E-state index >= 15 is 0 Å². The van der Waals surface area contributed by atoms with E-state index in [0.717, 1.165) is 57.1 Å². The Morgan fingerprint density at radius 3 is 2.29 bits per heavy atom. The van der Waals surface area contributed by atoms with Crippen LogP contribution in [-0.4, -0.2) is 139 Å². The van der Waals surface area contributed by atoms with Gasteiger partial charge in [-0.1, -0.05) is 6.07 Å². The van der Waals surface area contributed by atoms with E-state index in [2.05, 4.69) is 30.6 Å². The van der Waals surface area contributed by atoms with Crippen molar-refractivity contribution in [1.82, 2.24) is 43.5 Å². The second-order valence-corrected chi connectivity index (χ2v) is 19.6. The number of hydrogen-bond acceptors (Lipinski definition) is 12. The summed E-state index contributed by atoms with van der Waals surface area (Å²) in [5.74, 6) is -0.0181. The van der Waals surface area contributed by atoms with E-state index in [1.54, 1.807) is 30.3 Å². The molecule has 3 N–H and O–H groups in total. The lowest BCUT2D eigenvalue weighted by Gasteiger charge is -2.39. The SMILES string of the molecule is CC(C)(O)Cn1cc(-c2nc(NC3CCN(S(=O)(=O)N4CCC(CN5CCC(Oc6cccc7c6CN(C6CCC(=O)NC6=O)C7=O)CC5)CC4)CC3)ncc2C(F)(F)F)cn1. The Balaban J connectivity index is 0.781. The molecular formula is C41H53F3N10O7S. The van der Waals surface area contributed by atoms with Crippen LogP contribution in [0, 0.1) is 5.92 Å². The molecule has 5 aliphatic heterocycles. The van der Waals surface area contributed by atoms with Crippen LogP contribution in [0.15, 0.2) is 36.8 Å². The molecule has 17 nitrogen and oxygen atoms in total. The Bertz CT molecular complexity index is 2260. The predicted molar refractivity (Wildman–Crippen MR) is 219 cm³/mol. The summed E-state index contributed by atoms with van der Waals surface area (Å²) in [6.45, 7) is 7.32. The number of amides is 3. The van der Waals surface area contributed by atoms with Gasteiger partial charge in [0.2, 0.25) is 17.8 Å². The van der Waals surface area contributed by atoms with Crippen LogP contribution in [-0.2, 0) is 39.1 Å². The molecule has 3 amide bonds. The quantitative estimate of drug-likeness (QED) is 0.225. The number of rotatable bonds is 12. The topological polar surface area (TPSA) is 195 Å². The third kappa shape index (κ3) is 9.75. The summed E-state index contributed by atoms with van der Waals surface area (Å²) in [6, 6.07) is 4.46. The van der Waals surface area contributed by atoms with E-state index < -0.39 is 39.5 Å². The van der Waals surface area contributed by atoms with Crippen LogP contribution in [0.1, 0.15) is 86.7 Å². The number of fused-ring (bicyclic) bond motifs is 1. The molecule has 1 unspecified atom stereocenters. The average Bonchev–Trinajstić information content (AvgIpc) is 3.82. The van der Waals surface area contributed by atoms with Crippen LogP contribution < -0.4 is 15.4 Å². The summed E-state index contributed by atoms with van der Waals surface area (Å²) in [5, 5.41) is 19.7. The van der Waals surface area contributed by atoms with Crippen molar-refractivity contribution in [3.63, 3.8) is 0 Å². The second-order valence-electron chi connectivity index (χ2n) is 17.7. The zero-order valence-corrected chi connectivity index (χ0v) is 35.6. The van der Waals surface area contributed by atoms with Gasteiger partial charge in [0.1, 0.15) is 23.5 Å². The molecule has 0 spiro atoms. The monoisotopic (exact) mass is 886 g/mol. The Morgan fingerprint density at radius 2 is 1.63 bits per heavy atom. The number of carbonyl (C=O) groups excluding carboxylic acids is 3. The van der Waals surface area contributed by atoms with Gasteiger partial charge in [0.05, 0.1) is 30.6 Å². The number of halogens is 3. The van der Waals surface area contributed by atoms with Gasteiger partial charge in [0.25, 0.3) is 16.1 Å². The molecule has 0 saturated carbocycles. The van der Waals surface area contributed by atoms with Crippen LogP contribution in [0.5, 0.6) is 5.75 Å². The molecule has 336 valence electrons. The van der Waals surface area contributed by atoms with Crippen molar-refractivity contribution in [3.05, 3.63) is 53.5 Å². The number of anilines is 1. The maximum Gasteiger partial charge on any atom is 0.419 e. The van der Waals surface area contributed by atoms with Crippen LogP contribution in [0.2, 0.25) is 0 Å². The van der Waals surface area contributed by atoms with Gasteiger partial charge in [-0.05, 0) is 76.8 Å². The largest absolute Gasteiger partial charge is 0.490 e. The zero-order valence-electron chi connectivity index (χ0n) is 34.8. The lowest BCUT2D eigenvalue weighted by Crippen LogP contribution is -2.52. The van der Waals surface area contributed by atoms with Crippen LogP contribution in [0.3, 0.4) is 0 Å². The summed E-state index contributed by atoms with van der Waals surface area (Å²) in [7, 11) is -3.71. The van der Waals surface area contributed by atoms with Crippen LogP contribution >= 0.6 is 0 Å². The van der Waals surface area contributed by atoms with Crippen molar-refractivity contribution in [3.8, 4) is 17.0 Å². The molecule has 3 aromatic rings. The Hall–Kier alpha value is -4.70. The molecule has 0 bridgehead atoms. The van der Waals surface area contributed by atoms with E-state index in [1.165, 1.54) is 26.3 Å². The highest BCUT2D eigenvalue weighted by molar-refractivity contribution is 7.86. The number of hydrogen-bond donors (Lipinski definition) is 3. The van der Waals surface area contributed by atoms with Crippen molar-refractivity contribution in [2.24, 2.45) is 5.92 Å². The number of likely N-dealkylation sites (tertiary alicyclic amines) is 1. The molecule has 21 heteroatoms. The van der Waals surface area contributed by atoms with Crippen molar-refractivity contribution >= 4 is 33.9 Å². The highest BCUT2D eigenvalue weighted by atomic mass is 32.2. The Morgan fingerprint density at radius 1 is 0.935 bits per heavy atom. The maximum atomic E-state index is 14.0. The van der Waals surface area contributed by atoms with Gasteiger partial charge < -0.3 is 25.0 Å². The van der Waals surface area contributed by atoms with Gasteiger partial charge in [0.15, 0.2) is 0 Å². The summed E-state index contributed by atoms with van der Waals surface area (Å²) in [5.41, 5.74) is -1.07. The van der Waals surface area contributed by atoms with Gasteiger partial charge >= 0.3 is 6.18 Å². The number of aliphatic hydroxyl groups is 1. The number of alkyl halides is 3. The fourth-order valence-electron chi connectivity index (χ4n) is 9.17. The molecule has 1 atom stereocenters. The number of nitrogens with one attached hydrogen (secondary N) is 2. The normalized spacial score (nSPS) is 22.3. The first-order valence-corrected chi connectivity index (χ1v) is 22.7.